The van der Waals surface area contributed by atoms with Crippen LogP contribution in [0.2, 0.25) is 0 Å². The molecule has 17 heavy (non-hydrogen) atoms. The van der Waals surface area contributed by atoms with Gasteiger partial charge in [-0.15, -0.1) is 0 Å². The molecule has 0 atom stereocenters. The molecule has 0 unspecified atom stereocenters. The van der Waals surface area contributed by atoms with Crippen molar-refractivity contribution in [2.75, 3.05) is 6.54 Å². The summed E-state index contributed by atoms with van der Waals surface area (Å²) in [6, 6.07) is 5.92. The topological polar surface area (TPSA) is 42.0 Å². The molecule has 0 aliphatic rings. The molecule has 1 N–H and O–H groups in total. The van der Waals surface area contributed by atoms with Crippen molar-refractivity contribution in [3.05, 3.63) is 30.1 Å². The van der Waals surface area contributed by atoms with E-state index in [1.54, 1.807) is 6.20 Å². The smallest absolute Gasteiger partial charge is 0.223 e. The minimum atomic E-state index is 0.171. The molecule has 1 aromatic heterocycles. The third-order valence-corrected chi connectivity index (χ3v) is 2.99. The van der Waals surface area contributed by atoms with E-state index in [1.807, 2.05) is 18.2 Å². The van der Waals surface area contributed by atoms with Crippen LogP contribution in [-0.4, -0.2) is 17.4 Å². The molecule has 0 aliphatic carbocycles. The van der Waals surface area contributed by atoms with Gasteiger partial charge in [0.05, 0.1) is 0 Å². The number of nitrogens with one attached hydrogen (secondary N) is 1. The first-order chi connectivity index (χ1) is 8.27. The zero-order valence-corrected chi connectivity index (χ0v) is 10.8. The lowest BCUT2D eigenvalue weighted by atomic mass is 10.0. The summed E-state index contributed by atoms with van der Waals surface area (Å²) >= 11 is 0. The van der Waals surface area contributed by atoms with E-state index in [1.165, 1.54) is 0 Å². The van der Waals surface area contributed by atoms with Crippen molar-refractivity contribution in [1.29, 1.82) is 0 Å². The van der Waals surface area contributed by atoms with E-state index in [4.69, 9.17) is 0 Å². The third kappa shape index (κ3) is 4.98. The number of hydrogen-bond donors (Lipinski definition) is 1. The molecular weight excluding hydrogens is 212 g/mol. The lowest BCUT2D eigenvalue weighted by Gasteiger charge is -2.12. The van der Waals surface area contributed by atoms with Gasteiger partial charge in [-0.3, -0.25) is 9.78 Å². The van der Waals surface area contributed by atoms with E-state index in [9.17, 15) is 4.79 Å². The first kappa shape index (κ1) is 13.7. The molecule has 0 saturated carbocycles. The molecular formula is C14H22N2O. The lowest BCUT2D eigenvalue weighted by Crippen LogP contribution is -2.31. The quantitative estimate of drug-likeness (QED) is 0.737. The van der Waals surface area contributed by atoms with E-state index in [2.05, 4.69) is 24.1 Å². The van der Waals surface area contributed by atoms with E-state index < -0.39 is 0 Å². The Morgan fingerprint density at radius 2 is 2.12 bits per heavy atom. The van der Waals surface area contributed by atoms with E-state index in [0.29, 0.717) is 0 Å². The minimum Gasteiger partial charge on any atom is -0.356 e. The van der Waals surface area contributed by atoms with Crippen molar-refractivity contribution in [3.63, 3.8) is 0 Å². The summed E-state index contributed by atoms with van der Waals surface area (Å²) in [7, 11) is 0. The highest BCUT2D eigenvalue weighted by Crippen LogP contribution is 2.07. The van der Waals surface area contributed by atoms with Crippen LogP contribution in [0.15, 0.2) is 24.4 Å². The number of carbonyl (C=O) groups is 1. The summed E-state index contributed by atoms with van der Waals surface area (Å²) in [5, 5.41) is 2.99. The van der Waals surface area contributed by atoms with Crippen LogP contribution in [0.5, 0.6) is 0 Å². The summed E-state index contributed by atoms with van der Waals surface area (Å²) in [5.41, 5.74) is 1.09. The third-order valence-electron chi connectivity index (χ3n) is 2.99. The number of amides is 1. The Labute approximate surface area is 104 Å². The number of aromatic nitrogens is 1. The second-order valence-electron chi connectivity index (χ2n) is 4.23. The van der Waals surface area contributed by atoms with E-state index in [0.717, 1.165) is 37.9 Å². The fourth-order valence-electron chi connectivity index (χ4n) is 1.83. The molecule has 94 valence electrons. The molecule has 0 bridgehead atoms. The summed E-state index contributed by atoms with van der Waals surface area (Å²) < 4.78 is 0. The van der Waals surface area contributed by atoms with Crippen LogP contribution in [0, 0.1) is 5.92 Å². The van der Waals surface area contributed by atoms with Crippen molar-refractivity contribution in [1.82, 2.24) is 10.3 Å². The van der Waals surface area contributed by atoms with Crippen molar-refractivity contribution in [3.8, 4) is 0 Å². The molecule has 1 heterocycles. The van der Waals surface area contributed by atoms with Gasteiger partial charge in [-0.2, -0.15) is 0 Å². The van der Waals surface area contributed by atoms with Crippen molar-refractivity contribution < 1.29 is 4.79 Å². The van der Waals surface area contributed by atoms with Gasteiger partial charge in [0.25, 0.3) is 0 Å². The highest BCUT2D eigenvalue weighted by atomic mass is 16.1. The van der Waals surface area contributed by atoms with Gasteiger partial charge in [0, 0.05) is 24.4 Å². The fourth-order valence-corrected chi connectivity index (χ4v) is 1.83. The van der Waals surface area contributed by atoms with Crippen LogP contribution < -0.4 is 5.32 Å². The van der Waals surface area contributed by atoms with Crippen LogP contribution in [0.4, 0.5) is 0 Å². The maximum absolute atomic E-state index is 11.7. The van der Waals surface area contributed by atoms with Crippen LogP contribution in [-0.2, 0) is 11.2 Å². The lowest BCUT2D eigenvalue weighted by molar-refractivity contribution is -0.125. The summed E-state index contributed by atoms with van der Waals surface area (Å²) in [6.07, 6.45) is 5.51. The summed E-state index contributed by atoms with van der Waals surface area (Å²) in [5.74, 6) is 0.362. The first-order valence-corrected chi connectivity index (χ1v) is 6.45. The molecule has 1 aromatic rings. The van der Waals surface area contributed by atoms with Crippen LogP contribution in [0.25, 0.3) is 0 Å². The Hall–Kier alpha value is -1.38. The Morgan fingerprint density at radius 3 is 2.71 bits per heavy atom. The van der Waals surface area contributed by atoms with Crippen molar-refractivity contribution in [2.45, 2.75) is 39.5 Å². The van der Waals surface area contributed by atoms with Gasteiger partial charge in [0.1, 0.15) is 0 Å². The largest absolute Gasteiger partial charge is 0.356 e. The number of nitrogens with zero attached hydrogens (tertiary/aromatic N) is 1. The van der Waals surface area contributed by atoms with Crippen molar-refractivity contribution >= 4 is 5.91 Å². The maximum atomic E-state index is 11.7. The monoisotopic (exact) mass is 234 g/mol. The molecule has 0 fully saturated rings. The Bertz CT molecular complexity index is 320. The fraction of sp³-hybridized carbons (Fsp3) is 0.571. The molecule has 1 amide bonds. The van der Waals surface area contributed by atoms with Crippen LogP contribution in [0.3, 0.4) is 0 Å². The Balaban J connectivity index is 2.18. The van der Waals surface area contributed by atoms with Crippen molar-refractivity contribution in [2.24, 2.45) is 5.92 Å². The highest BCUT2D eigenvalue weighted by molar-refractivity contribution is 5.78. The van der Waals surface area contributed by atoms with Crippen LogP contribution >= 0.6 is 0 Å². The standard InChI is InChI=1S/C14H22N2O/c1-3-12(4-2)14(17)16-11-7-9-13-8-5-6-10-15-13/h5-6,8,10,12H,3-4,7,9,11H2,1-2H3,(H,16,17). The molecule has 3 heteroatoms. The number of rotatable bonds is 7. The Morgan fingerprint density at radius 1 is 1.35 bits per heavy atom. The highest BCUT2D eigenvalue weighted by Gasteiger charge is 2.12. The summed E-state index contributed by atoms with van der Waals surface area (Å²) in [6.45, 7) is 4.86. The normalized spacial score (nSPS) is 10.5. The zero-order chi connectivity index (χ0) is 12.5. The molecule has 0 aliphatic heterocycles. The van der Waals surface area contributed by atoms with Gasteiger partial charge in [-0.05, 0) is 37.8 Å². The minimum absolute atomic E-state index is 0.171. The van der Waals surface area contributed by atoms with E-state index in [-0.39, 0.29) is 11.8 Å². The predicted molar refractivity (Wildman–Crippen MR) is 69.6 cm³/mol. The molecule has 3 nitrogen and oxygen atoms in total. The van der Waals surface area contributed by atoms with Gasteiger partial charge in [0.2, 0.25) is 5.91 Å². The number of aryl methyl sites for hydroxylation is 1. The van der Waals surface area contributed by atoms with Gasteiger partial charge >= 0.3 is 0 Å². The number of pyridine rings is 1. The average molecular weight is 234 g/mol. The van der Waals surface area contributed by atoms with Gasteiger partial charge in [-0.25, -0.2) is 0 Å². The molecule has 0 aromatic carbocycles. The van der Waals surface area contributed by atoms with Gasteiger partial charge in [0.15, 0.2) is 0 Å². The van der Waals surface area contributed by atoms with E-state index >= 15 is 0 Å². The zero-order valence-electron chi connectivity index (χ0n) is 10.8. The van der Waals surface area contributed by atoms with Crippen LogP contribution in [0.1, 0.15) is 38.8 Å². The van der Waals surface area contributed by atoms with Gasteiger partial charge < -0.3 is 5.32 Å². The number of hydrogen-bond acceptors (Lipinski definition) is 2. The predicted octanol–water partition coefficient (Wildman–Crippen LogP) is 2.57. The maximum Gasteiger partial charge on any atom is 0.223 e. The molecule has 0 radical (unpaired) electrons. The number of carbonyl (C=O) groups excluding carboxylic acids is 1. The second-order valence-corrected chi connectivity index (χ2v) is 4.23. The molecule has 0 spiro atoms. The SMILES string of the molecule is CCC(CC)C(=O)NCCCc1ccccn1. The second kappa shape index (κ2) is 7.82. The average Bonchev–Trinajstić information content (AvgIpc) is 2.37. The molecule has 0 saturated heterocycles. The summed E-state index contributed by atoms with van der Waals surface area (Å²) in [4.78, 5) is 15.9. The van der Waals surface area contributed by atoms with Gasteiger partial charge in [-0.1, -0.05) is 19.9 Å². The Kier molecular flexibility index (Phi) is 6.30. The first-order valence-electron chi connectivity index (χ1n) is 6.45. The molecule has 1 rings (SSSR count).